The van der Waals surface area contributed by atoms with Gasteiger partial charge in [-0.1, -0.05) is 72.8 Å². The highest BCUT2D eigenvalue weighted by molar-refractivity contribution is 7.97. The van der Waals surface area contributed by atoms with Crippen LogP contribution in [0.4, 0.5) is 0 Å². The third-order valence-corrected chi connectivity index (χ3v) is 6.64. The number of benzene rings is 4. The summed E-state index contributed by atoms with van der Waals surface area (Å²) in [5.41, 5.74) is 0.785. The van der Waals surface area contributed by atoms with Crippen molar-refractivity contribution >= 4 is 27.5 Å². The van der Waals surface area contributed by atoms with E-state index in [2.05, 4.69) is 36.4 Å². The van der Waals surface area contributed by atoms with E-state index in [-0.39, 0.29) is 16.7 Å². The van der Waals surface area contributed by atoms with Crippen molar-refractivity contribution < 1.29 is 4.79 Å². The summed E-state index contributed by atoms with van der Waals surface area (Å²) in [4.78, 5) is 15.5. The Morgan fingerprint density at radius 3 is 1.77 bits per heavy atom. The summed E-state index contributed by atoms with van der Waals surface area (Å²) >= 11 is 0. The van der Waals surface area contributed by atoms with E-state index in [1.807, 2.05) is 66.7 Å². The minimum absolute atomic E-state index is 0.187. The van der Waals surface area contributed by atoms with Gasteiger partial charge in [-0.25, -0.2) is 0 Å². The summed E-state index contributed by atoms with van der Waals surface area (Å²) in [5.74, 6) is 0.679. The van der Waals surface area contributed by atoms with E-state index in [1.165, 1.54) is 9.79 Å². The Balaban J connectivity index is 1.67. The Labute approximate surface area is 156 Å². The summed E-state index contributed by atoms with van der Waals surface area (Å²) < 4.78 is 0. The normalized spacial score (nSPS) is 11.0. The fraction of sp³-hybridized carbons (Fsp3) is 0.0417. The number of fused-ring (bicyclic) bond motifs is 1. The molecule has 0 bridgehead atoms. The maximum absolute atomic E-state index is 13.1. The highest BCUT2D eigenvalue weighted by atomic mass is 32.2. The monoisotopic (exact) mass is 355 g/mol. The molecule has 0 heterocycles. The molecule has 0 aliphatic rings. The molecular weight excluding hydrogens is 336 g/mol. The molecule has 0 radical (unpaired) electrons. The minimum atomic E-state index is -0.265. The van der Waals surface area contributed by atoms with Crippen molar-refractivity contribution in [2.24, 2.45) is 0 Å². The molecule has 4 rings (SSSR count). The van der Waals surface area contributed by atoms with Crippen LogP contribution in [0.1, 0.15) is 10.4 Å². The molecule has 0 amide bonds. The van der Waals surface area contributed by atoms with E-state index in [4.69, 9.17) is 0 Å². The van der Waals surface area contributed by atoms with Gasteiger partial charge in [0.15, 0.2) is 15.5 Å². The summed E-state index contributed by atoms with van der Waals surface area (Å²) in [6.07, 6.45) is 0. The molecule has 4 aromatic rings. The molecule has 0 aromatic heterocycles. The number of carbonyl (C=O) groups is 1. The highest BCUT2D eigenvalue weighted by Gasteiger charge is 2.28. The lowest BCUT2D eigenvalue weighted by Crippen LogP contribution is -2.17. The largest absolute Gasteiger partial charge is 0.289 e. The van der Waals surface area contributed by atoms with E-state index >= 15 is 0 Å². The first-order valence-electron chi connectivity index (χ1n) is 8.64. The molecule has 0 spiro atoms. The molecule has 26 heavy (non-hydrogen) atoms. The van der Waals surface area contributed by atoms with E-state index in [0.717, 1.165) is 16.3 Å². The first kappa shape index (κ1) is 16.6. The highest BCUT2D eigenvalue weighted by Crippen LogP contribution is 2.25. The third-order valence-electron chi connectivity index (χ3n) is 4.40. The Kier molecular flexibility index (Phi) is 4.85. The lowest BCUT2D eigenvalue weighted by Gasteiger charge is -2.08. The summed E-state index contributed by atoms with van der Waals surface area (Å²) in [6.45, 7) is 0. The average molecular weight is 355 g/mol. The number of Topliss-reactive ketones (excluding diaryl/α,β-unsaturated/α-hetero) is 1. The van der Waals surface area contributed by atoms with Crippen LogP contribution in [0.15, 0.2) is 113 Å². The van der Waals surface area contributed by atoms with E-state index < -0.39 is 0 Å². The molecule has 1 nitrogen and oxygen atoms in total. The van der Waals surface area contributed by atoms with Gasteiger partial charge in [-0.05, 0) is 41.1 Å². The minimum Gasteiger partial charge on any atom is -0.289 e. The predicted molar refractivity (Wildman–Crippen MR) is 110 cm³/mol. The van der Waals surface area contributed by atoms with Gasteiger partial charge in [0.05, 0.1) is 10.9 Å². The number of hydrogen-bond acceptors (Lipinski definition) is 1. The Morgan fingerprint density at radius 1 is 0.615 bits per heavy atom. The smallest absolute Gasteiger partial charge is 0.212 e. The van der Waals surface area contributed by atoms with Gasteiger partial charge in [-0.3, -0.25) is 4.79 Å². The van der Waals surface area contributed by atoms with Gasteiger partial charge in [0, 0.05) is 5.56 Å². The van der Waals surface area contributed by atoms with Crippen LogP contribution in [-0.2, 0) is 10.9 Å². The topological polar surface area (TPSA) is 17.1 Å². The molecule has 0 unspecified atom stereocenters. The van der Waals surface area contributed by atoms with Crippen molar-refractivity contribution in [3.63, 3.8) is 0 Å². The van der Waals surface area contributed by atoms with Crippen LogP contribution < -0.4 is 0 Å². The van der Waals surface area contributed by atoms with Crippen LogP contribution in [0.5, 0.6) is 0 Å². The Bertz CT molecular complexity index is 986. The maximum atomic E-state index is 13.1. The number of hydrogen-bond donors (Lipinski definition) is 0. The summed E-state index contributed by atoms with van der Waals surface area (Å²) in [6, 6.07) is 34.8. The van der Waals surface area contributed by atoms with Crippen molar-refractivity contribution in [1.29, 1.82) is 0 Å². The molecule has 0 atom stereocenters. The second-order valence-corrected chi connectivity index (χ2v) is 8.16. The first-order chi connectivity index (χ1) is 12.8. The van der Waals surface area contributed by atoms with Crippen molar-refractivity contribution in [2.75, 3.05) is 5.75 Å². The predicted octanol–water partition coefficient (Wildman–Crippen LogP) is 5.76. The molecule has 126 valence electrons. The summed E-state index contributed by atoms with van der Waals surface area (Å²) in [7, 11) is -0.265. The maximum Gasteiger partial charge on any atom is 0.212 e. The van der Waals surface area contributed by atoms with Crippen LogP contribution in [0.2, 0.25) is 0 Å². The molecule has 0 saturated carbocycles. The number of carbonyl (C=O) groups excluding carboxylic acids is 1. The van der Waals surface area contributed by atoms with Crippen molar-refractivity contribution in [2.45, 2.75) is 9.79 Å². The van der Waals surface area contributed by atoms with E-state index in [0.29, 0.717) is 5.75 Å². The second kappa shape index (κ2) is 7.59. The van der Waals surface area contributed by atoms with E-state index in [1.54, 1.807) is 0 Å². The van der Waals surface area contributed by atoms with Crippen molar-refractivity contribution in [3.05, 3.63) is 109 Å². The van der Waals surface area contributed by atoms with Crippen LogP contribution in [0, 0.1) is 0 Å². The van der Waals surface area contributed by atoms with Gasteiger partial charge in [-0.15, -0.1) is 0 Å². The molecule has 2 heteroatoms. The Morgan fingerprint density at radius 2 is 1.15 bits per heavy atom. The number of ketones is 1. The molecule has 4 aromatic carbocycles. The van der Waals surface area contributed by atoms with Gasteiger partial charge < -0.3 is 0 Å². The quantitative estimate of drug-likeness (QED) is 0.329. The molecule has 0 N–H and O–H groups in total. The van der Waals surface area contributed by atoms with Crippen LogP contribution >= 0.6 is 0 Å². The zero-order chi connectivity index (χ0) is 17.8. The van der Waals surface area contributed by atoms with Crippen molar-refractivity contribution in [1.82, 2.24) is 0 Å². The molecular formula is C24H19OS+. The molecule has 0 saturated heterocycles. The van der Waals surface area contributed by atoms with Crippen LogP contribution in [0.25, 0.3) is 10.8 Å². The zero-order valence-corrected chi connectivity index (χ0v) is 15.2. The average Bonchev–Trinajstić information content (AvgIpc) is 2.72. The lowest BCUT2D eigenvalue weighted by molar-refractivity contribution is 0.102. The van der Waals surface area contributed by atoms with Gasteiger partial charge in [0.2, 0.25) is 5.78 Å². The Hall–Kier alpha value is -2.84. The molecule has 0 aliphatic heterocycles. The fourth-order valence-electron chi connectivity index (χ4n) is 3.05. The zero-order valence-electron chi connectivity index (χ0n) is 14.3. The first-order valence-corrected chi connectivity index (χ1v) is 10.0. The molecule has 0 aliphatic carbocycles. The standard InChI is InChI=1S/C24H19OS/c25-24(21-16-15-19-9-7-8-10-20(19)17-21)18-26(22-11-3-1-4-12-22)23-13-5-2-6-14-23/h1-17H,18H2/q+1. The van der Waals surface area contributed by atoms with E-state index in [9.17, 15) is 4.79 Å². The lowest BCUT2D eigenvalue weighted by atomic mass is 10.1. The summed E-state index contributed by atoms with van der Waals surface area (Å²) in [5, 5.41) is 2.27. The number of rotatable bonds is 5. The molecule has 0 fully saturated rings. The second-order valence-electron chi connectivity index (χ2n) is 6.15. The SMILES string of the molecule is O=C(C[S+](c1ccccc1)c1ccccc1)c1ccc2ccccc2c1. The van der Waals surface area contributed by atoms with Crippen molar-refractivity contribution in [3.8, 4) is 0 Å². The van der Waals surface area contributed by atoms with Gasteiger partial charge in [-0.2, -0.15) is 0 Å². The van der Waals surface area contributed by atoms with Crippen LogP contribution in [0.3, 0.4) is 0 Å². The van der Waals surface area contributed by atoms with Gasteiger partial charge >= 0.3 is 0 Å². The fourth-order valence-corrected chi connectivity index (χ4v) is 5.06. The third kappa shape index (κ3) is 3.56. The van der Waals surface area contributed by atoms with Gasteiger partial charge in [0.1, 0.15) is 0 Å². The van der Waals surface area contributed by atoms with Gasteiger partial charge in [0.25, 0.3) is 0 Å². The van der Waals surface area contributed by atoms with Crippen LogP contribution in [-0.4, -0.2) is 11.5 Å².